The van der Waals surface area contributed by atoms with Gasteiger partial charge >= 0.3 is 0 Å². The Morgan fingerprint density at radius 3 is 2.28 bits per heavy atom. The van der Waals surface area contributed by atoms with Gasteiger partial charge in [0, 0.05) is 5.56 Å². The van der Waals surface area contributed by atoms with Gasteiger partial charge in [-0.3, -0.25) is 0 Å². The molecule has 1 heterocycles. The third-order valence-electron chi connectivity index (χ3n) is 3.88. The maximum atomic E-state index is 11.4. The van der Waals surface area contributed by atoms with E-state index in [0.717, 1.165) is 35.5 Å². The number of primary sulfonamides is 1. The minimum Gasteiger partial charge on any atom is -0.330 e. The highest BCUT2D eigenvalue weighted by Crippen LogP contribution is 2.25. The first-order chi connectivity index (χ1) is 12.0. The van der Waals surface area contributed by atoms with E-state index < -0.39 is 10.0 Å². The predicted molar refractivity (Wildman–Crippen MR) is 97.7 cm³/mol. The van der Waals surface area contributed by atoms with Crippen LogP contribution in [0.15, 0.2) is 65.6 Å². The van der Waals surface area contributed by atoms with Gasteiger partial charge in [-0.2, -0.15) is 5.10 Å². The number of hydrogen-bond donors (Lipinski definition) is 2. The van der Waals surface area contributed by atoms with E-state index in [0.29, 0.717) is 6.54 Å². The highest BCUT2D eigenvalue weighted by Gasteiger charge is 2.13. The molecule has 0 radical (unpaired) electrons. The molecule has 0 bridgehead atoms. The molecule has 0 unspecified atom stereocenters. The monoisotopic (exact) mass is 356 g/mol. The minimum absolute atomic E-state index is 0.0769. The van der Waals surface area contributed by atoms with Crippen LogP contribution in [-0.2, 0) is 16.4 Å². The van der Waals surface area contributed by atoms with Crippen molar-refractivity contribution in [1.82, 2.24) is 9.78 Å². The molecule has 1 aromatic heterocycles. The lowest BCUT2D eigenvalue weighted by Crippen LogP contribution is -2.12. The van der Waals surface area contributed by atoms with E-state index in [1.165, 1.54) is 12.1 Å². The van der Waals surface area contributed by atoms with E-state index in [4.69, 9.17) is 10.9 Å². The molecule has 130 valence electrons. The molecule has 0 aliphatic carbocycles. The second kappa shape index (κ2) is 7.18. The molecule has 0 saturated carbocycles. The number of benzene rings is 2. The zero-order chi connectivity index (χ0) is 17.9. The molecule has 0 spiro atoms. The van der Waals surface area contributed by atoms with Gasteiger partial charge in [0.05, 0.1) is 22.0 Å². The number of nitrogens with two attached hydrogens (primary N) is 2. The Morgan fingerprint density at radius 2 is 1.68 bits per heavy atom. The Balaban J connectivity index is 2.06. The van der Waals surface area contributed by atoms with Crippen LogP contribution in [0.1, 0.15) is 12.1 Å². The van der Waals surface area contributed by atoms with Crippen molar-refractivity contribution in [2.75, 3.05) is 6.54 Å². The van der Waals surface area contributed by atoms with Gasteiger partial charge < -0.3 is 5.73 Å². The number of aryl methyl sites for hydroxylation is 1. The molecule has 0 saturated heterocycles. The summed E-state index contributed by atoms with van der Waals surface area (Å²) in [5, 5.41) is 9.83. The predicted octanol–water partition coefficient (Wildman–Crippen LogP) is 2.08. The standard InChI is InChI=1S/C18H20N4O2S/c19-12-4-7-15-13-18(14-5-2-1-3-6-14)22(21-15)16-8-10-17(11-9-16)25(20,23)24/h1-3,5-6,8-11,13H,4,7,12,19H2,(H2,20,23,24). The van der Waals surface area contributed by atoms with Crippen LogP contribution in [0, 0.1) is 0 Å². The van der Waals surface area contributed by atoms with Gasteiger partial charge in [0.15, 0.2) is 0 Å². The lowest BCUT2D eigenvalue weighted by molar-refractivity contribution is 0.598. The van der Waals surface area contributed by atoms with Gasteiger partial charge in [-0.1, -0.05) is 30.3 Å². The third-order valence-corrected chi connectivity index (χ3v) is 4.81. The Bertz CT molecular complexity index is 949. The molecule has 3 rings (SSSR count). The average molecular weight is 356 g/mol. The van der Waals surface area contributed by atoms with Crippen molar-refractivity contribution < 1.29 is 8.42 Å². The summed E-state index contributed by atoms with van der Waals surface area (Å²) < 4.78 is 24.7. The van der Waals surface area contributed by atoms with Crippen molar-refractivity contribution in [3.05, 3.63) is 66.4 Å². The molecule has 0 atom stereocenters. The molecule has 25 heavy (non-hydrogen) atoms. The lowest BCUT2D eigenvalue weighted by Gasteiger charge is -2.08. The zero-order valence-electron chi connectivity index (χ0n) is 13.7. The number of rotatable bonds is 6. The topological polar surface area (TPSA) is 104 Å². The second-order valence-corrected chi connectivity index (χ2v) is 7.29. The van der Waals surface area contributed by atoms with Gasteiger partial charge in [-0.25, -0.2) is 18.2 Å². The summed E-state index contributed by atoms with van der Waals surface area (Å²) in [7, 11) is -3.71. The van der Waals surface area contributed by atoms with Crippen LogP contribution in [0.2, 0.25) is 0 Å². The van der Waals surface area contributed by atoms with E-state index in [9.17, 15) is 8.42 Å². The lowest BCUT2D eigenvalue weighted by atomic mass is 10.1. The fraction of sp³-hybridized carbons (Fsp3) is 0.167. The Morgan fingerprint density at radius 1 is 1.00 bits per heavy atom. The smallest absolute Gasteiger partial charge is 0.238 e. The normalized spacial score (nSPS) is 11.6. The van der Waals surface area contributed by atoms with Crippen molar-refractivity contribution in [2.45, 2.75) is 17.7 Å². The summed E-state index contributed by atoms with van der Waals surface area (Å²) in [6, 6.07) is 18.3. The van der Waals surface area contributed by atoms with E-state index in [-0.39, 0.29) is 4.90 Å². The summed E-state index contributed by atoms with van der Waals surface area (Å²) in [5.74, 6) is 0. The van der Waals surface area contributed by atoms with Crippen LogP contribution >= 0.6 is 0 Å². The number of aromatic nitrogens is 2. The Hall–Kier alpha value is -2.48. The van der Waals surface area contributed by atoms with Crippen molar-refractivity contribution in [3.8, 4) is 16.9 Å². The van der Waals surface area contributed by atoms with E-state index >= 15 is 0 Å². The maximum absolute atomic E-state index is 11.4. The summed E-state index contributed by atoms with van der Waals surface area (Å²) in [6.07, 6.45) is 1.65. The van der Waals surface area contributed by atoms with Crippen LogP contribution < -0.4 is 10.9 Å². The van der Waals surface area contributed by atoms with Crippen molar-refractivity contribution in [1.29, 1.82) is 0 Å². The largest absolute Gasteiger partial charge is 0.330 e. The molecule has 0 amide bonds. The fourth-order valence-electron chi connectivity index (χ4n) is 2.62. The maximum Gasteiger partial charge on any atom is 0.238 e. The van der Waals surface area contributed by atoms with Crippen LogP contribution in [0.4, 0.5) is 0 Å². The second-order valence-electron chi connectivity index (χ2n) is 5.73. The number of nitrogens with zero attached hydrogens (tertiary/aromatic N) is 2. The average Bonchev–Trinajstić information content (AvgIpc) is 3.04. The molecule has 4 N–H and O–H groups in total. The first-order valence-corrected chi connectivity index (χ1v) is 9.51. The Kier molecular flexibility index (Phi) is 4.98. The Labute approximate surface area is 147 Å². The van der Waals surface area contributed by atoms with Gasteiger partial charge in [0.1, 0.15) is 0 Å². The van der Waals surface area contributed by atoms with Gasteiger partial charge in [-0.15, -0.1) is 0 Å². The van der Waals surface area contributed by atoms with E-state index in [1.807, 2.05) is 41.1 Å². The first kappa shape index (κ1) is 17.3. The molecule has 3 aromatic rings. The molecule has 0 aliphatic rings. The van der Waals surface area contributed by atoms with Crippen LogP contribution in [0.25, 0.3) is 16.9 Å². The van der Waals surface area contributed by atoms with Crippen LogP contribution in [0.5, 0.6) is 0 Å². The fourth-order valence-corrected chi connectivity index (χ4v) is 3.14. The van der Waals surface area contributed by atoms with Crippen LogP contribution in [0.3, 0.4) is 0 Å². The summed E-state index contributed by atoms with van der Waals surface area (Å²) in [6.45, 7) is 0.608. The quantitative estimate of drug-likeness (QED) is 0.705. The summed E-state index contributed by atoms with van der Waals surface area (Å²) in [4.78, 5) is 0.0769. The number of sulfonamides is 1. The van der Waals surface area contributed by atoms with Gasteiger partial charge in [-0.05, 0) is 49.7 Å². The molecule has 0 aliphatic heterocycles. The first-order valence-electron chi connectivity index (χ1n) is 7.97. The molecule has 2 aromatic carbocycles. The molecule has 7 heteroatoms. The zero-order valence-corrected chi connectivity index (χ0v) is 14.5. The minimum atomic E-state index is -3.71. The van der Waals surface area contributed by atoms with Crippen molar-refractivity contribution in [3.63, 3.8) is 0 Å². The van der Waals surface area contributed by atoms with Gasteiger partial charge in [0.25, 0.3) is 0 Å². The van der Waals surface area contributed by atoms with Gasteiger partial charge in [0.2, 0.25) is 10.0 Å². The van der Waals surface area contributed by atoms with E-state index in [2.05, 4.69) is 5.10 Å². The highest BCUT2D eigenvalue weighted by atomic mass is 32.2. The SMILES string of the molecule is NCCCc1cc(-c2ccccc2)n(-c2ccc(S(N)(=O)=O)cc2)n1. The molecular weight excluding hydrogens is 336 g/mol. The third kappa shape index (κ3) is 3.96. The van der Waals surface area contributed by atoms with Crippen molar-refractivity contribution >= 4 is 10.0 Å². The summed E-state index contributed by atoms with van der Waals surface area (Å²) >= 11 is 0. The van der Waals surface area contributed by atoms with Crippen LogP contribution in [-0.4, -0.2) is 24.7 Å². The molecule has 6 nitrogen and oxygen atoms in total. The van der Waals surface area contributed by atoms with Crippen molar-refractivity contribution in [2.24, 2.45) is 10.9 Å². The van der Waals surface area contributed by atoms with E-state index in [1.54, 1.807) is 12.1 Å². The number of hydrogen-bond acceptors (Lipinski definition) is 4. The molecule has 0 fully saturated rings. The highest BCUT2D eigenvalue weighted by molar-refractivity contribution is 7.89. The molecular formula is C18H20N4O2S. The summed E-state index contributed by atoms with van der Waals surface area (Å²) in [5.41, 5.74) is 9.28.